The summed E-state index contributed by atoms with van der Waals surface area (Å²) in [6, 6.07) is 10.5. The monoisotopic (exact) mass is 728 g/mol. The van der Waals surface area contributed by atoms with Crippen molar-refractivity contribution >= 4 is 23.5 Å². The van der Waals surface area contributed by atoms with Gasteiger partial charge in [0.2, 0.25) is 23.5 Å². The van der Waals surface area contributed by atoms with Crippen molar-refractivity contribution < 1.29 is 45.9 Å². The predicted octanol–water partition coefficient (Wildman–Crippen LogP) is 4.95. The Balaban J connectivity index is 1.69. The molecule has 3 N–H and O–H groups in total. The van der Waals surface area contributed by atoms with Crippen LogP contribution in [-0.4, -0.2) is 59.9 Å². The van der Waals surface area contributed by atoms with Gasteiger partial charge >= 0.3 is 0 Å². The number of nitrogens with one attached hydrogen (secondary N) is 3. The zero-order valence-corrected chi connectivity index (χ0v) is 28.5. The van der Waals surface area contributed by atoms with E-state index in [1.165, 1.54) is 0 Å². The van der Waals surface area contributed by atoms with Gasteiger partial charge in [0.1, 0.15) is 23.7 Å². The lowest BCUT2D eigenvalue weighted by molar-refractivity contribution is -0.134. The fourth-order valence-electron chi connectivity index (χ4n) is 5.52. The van der Waals surface area contributed by atoms with Crippen LogP contribution < -0.4 is 16.0 Å². The molecule has 3 amide bonds. The van der Waals surface area contributed by atoms with Gasteiger partial charge in [-0.3, -0.25) is 19.2 Å². The molecule has 0 aliphatic carbocycles. The van der Waals surface area contributed by atoms with Crippen LogP contribution >= 0.6 is 0 Å². The van der Waals surface area contributed by atoms with Crippen molar-refractivity contribution in [2.45, 2.75) is 76.2 Å². The Morgan fingerprint density at radius 2 is 1.17 bits per heavy atom. The number of halogens is 5. The summed E-state index contributed by atoms with van der Waals surface area (Å²) in [6.07, 6.45) is -1.40. The predicted molar refractivity (Wildman–Crippen MR) is 178 cm³/mol. The Labute approximate surface area is 295 Å². The number of azide groups is 1. The number of rotatable bonds is 17. The van der Waals surface area contributed by atoms with Crippen molar-refractivity contribution in [3.8, 4) is 0 Å². The van der Waals surface area contributed by atoms with E-state index in [2.05, 4.69) is 26.0 Å². The molecule has 0 aromatic heterocycles. The molecule has 1 fully saturated rings. The van der Waals surface area contributed by atoms with Gasteiger partial charge in [-0.05, 0) is 42.3 Å². The largest absolute Gasteiger partial charge is 0.361 e. The van der Waals surface area contributed by atoms with Crippen molar-refractivity contribution in [2.24, 2.45) is 11.0 Å². The highest BCUT2D eigenvalue weighted by Gasteiger charge is 2.50. The molecule has 1 heterocycles. The fraction of sp³-hybridized carbons (Fsp3) is 0.389. The maximum absolute atomic E-state index is 14.9. The van der Waals surface area contributed by atoms with Crippen LogP contribution in [0.15, 0.2) is 65.8 Å². The second-order valence-corrected chi connectivity index (χ2v) is 13.0. The number of nitrogens with zero attached hydrogens (tertiary/aromatic N) is 3. The number of amides is 3. The first-order valence-corrected chi connectivity index (χ1v) is 16.4. The third-order valence-corrected chi connectivity index (χ3v) is 8.46. The molecule has 0 radical (unpaired) electrons. The van der Waals surface area contributed by atoms with E-state index in [1.807, 2.05) is 13.8 Å². The average Bonchev–Trinajstić information content (AvgIpc) is 3.88. The molecular formula is C36H37F5N6O5. The Hall–Kier alpha value is -5.34. The van der Waals surface area contributed by atoms with E-state index in [4.69, 9.17) is 10.3 Å². The van der Waals surface area contributed by atoms with E-state index < -0.39 is 94.3 Å². The van der Waals surface area contributed by atoms with Crippen LogP contribution in [0.3, 0.4) is 0 Å². The molecule has 16 heteroatoms. The number of ketones is 1. The van der Waals surface area contributed by atoms with Crippen LogP contribution in [0.5, 0.6) is 0 Å². The Morgan fingerprint density at radius 3 is 1.65 bits per heavy atom. The number of ether oxygens (including phenoxy) is 1. The lowest BCUT2D eigenvalue weighted by atomic mass is 9.93. The first-order valence-electron chi connectivity index (χ1n) is 16.4. The Bertz CT molecular complexity index is 1810. The van der Waals surface area contributed by atoms with E-state index in [0.717, 1.165) is 0 Å². The van der Waals surface area contributed by atoms with Gasteiger partial charge in [0, 0.05) is 23.3 Å². The highest BCUT2D eigenvalue weighted by Crippen LogP contribution is 2.30. The minimum absolute atomic E-state index is 0.0560. The smallest absolute Gasteiger partial charge is 0.243 e. The van der Waals surface area contributed by atoms with Crippen LogP contribution in [0, 0.1) is 35.0 Å². The van der Waals surface area contributed by atoms with Crippen LogP contribution in [0.4, 0.5) is 22.0 Å². The summed E-state index contributed by atoms with van der Waals surface area (Å²) < 4.78 is 77.4. The van der Waals surface area contributed by atoms with Gasteiger partial charge in [-0.2, -0.15) is 0 Å². The molecule has 3 aromatic rings. The van der Waals surface area contributed by atoms with E-state index in [-0.39, 0.29) is 31.8 Å². The van der Waals surface area contributed by atoms with Gasteiger partial charge in [-0.1, -0.05) is 79.6 Å². The van der Waals surface area contributed by atoms with E-state index in [0.29, 0.717) is 11.1 Å². The summed E-state index contributed by atoms with van der Waals surface area (Å²) in [4.78, 5) is 57.2. The van der Waals surface area contributed by atoms with Gasteiger partial charge in [-0.15, -0.1) is 0 Å². The minimum atomic E-state index is -2.43. The molecule has 0 saturated carbocycles. The quantitative estimate of drug-likeness (QED) is 0.0340. The molecule has 5 atom stereocenters. The van der Waals surface area contributed by atoms with Gasteiger partial charge in [-0.25, -0.2) is 22.0 Å². The number of epoxide rings is 1. The van der Waals surface area contributed by atoms with Crippen molar-refractivity contribution in [3.63, 3.8) is 0 Å². The third kappa shape index (κ3) is 9.92. The second kappa shape index (κ2) is 17.2. The van der Waals surface area contributed by atoms with E-state index in [1.54, 1.807) is 67.6 Å². The van der Waals surface area contributed by atoms with Crippen molar-refractivity contribution in [1.82, 2.24) is 16.0 Å². The molecule has 0 bridgehead atoms. The molecule has 3 aromatic carbocycles. The fourth-order valence-corrected chi connectivity index (χ4v) is 5.52. The SMILES string of the molecule is CC(C)C[C@H](NC(=O)[C@H](Cc1ccccc1)NC(=O)[C@H](Cc1c(F)c(F)c(F)c(F)c1F)NC(=O)[C@H](Cc1ccccc1)N=[N+]=[N-])C(=O)[C@@]1(C)CO1. The summed E-state index contributed by atoms with van der Waals surface area (Å²) in [7, 11) is 0. The summed E-state index contributed by atoms with van der Waals surface area (Å²) in [6.45, 7) is 5.40. The number of carbonyl (C=O) groups excluding carboxylic acids is 4. The minimum Gasteiger partial charge on any atom is -0.361 e. The first-order chi connectivity index (χ1) is 24.6. The molecule has 4 rings (SSSR count). The second-order valence-electron chi connectivity index (χ2n) is 13.0. The van der Waals surface area contributed by atoms with Gasteiger partial charge < -0.3 is 20.7 Å². The van der Waals surface area contributed by atoms with Crippen molar-refractivity contribution in [1.29, 1.82) is 0 Å². The molecule has 1 aliphatic rings. The molecule has 1 saturated heterocycles. The molecule has 276 valence electrons. The standard InChI is InChI=1S/C36H37F5N6O5/c1-19(2)14-23(32(48)36(3)18-52-36)43-33(49)24(15-20-10-6-4-7-11-20)44-34(50)25(17-22-27(37)29(39)31(41)30(40)28(22)38)45-35(51)26(46-47-42)16-21-12-8-5-9-13-21/h4-13,19,23-26H,14-18H2,1-3H3,(H,43,49)(H,44,50)(H,45,51)/t23-,24-,25-,26-,36+/m0/s1. The maximum Gasteiger partial charge on any atom is 0.243 e. The van der Waals surface area contributed by atoms with Crippen LogP contribution in [-0.2, 0) is 43.2 Å². The van der Waals surface area contributed by atoms with Gasteiger partial charge in [0.15, 0.2) is 29.1 Å². The van der Waals surface area contributed by atoms with Gasteiger partial charge in [0.05, 0.1) is 12.6 Å². The summed E-state index contributed by atoms with van der Waals surface area (Å²) in [5.74, 6) is -15.1. The van der Waals surface area contributed by atoms with Gasteiger partial charge in [0.25, 0.3) is 0 Å². The summed E-state index contributed by atoms with van der Waals surface area (Å²) in [5.41, 5.74) is 7.71. The molecule has 1 aliphatic heterocycles. The molecule has 0 unspecified atom stereocenters. The van der Waals surface area contributed by atoms with Crippen LogP contribution in [0.25, 0.3) is 10.4 Å². The zero-order valence-electron chi connectivity index (χ0n) is 28.5. The normalized spacial score (nSPS) is 17.2. The third-order valence-electron chi connectivity index (χ3n) is 8.46. The number of hydrogen-bond donors (Lipinski definition) is 3. The molecule has 0 spiro atoms. The zero-order chi connectivity index (χ0) is 38.2. The molecular weight excluding hydrogens is 691 g/mol. The highest BCUT2D eigenvalue weighted by atomic mass is 19.2. The molecule has 11 nitrogen and oxygen atoms in total. The summed E-state index contributed by atoms with van der Waals surface area (Å²) in [5, 5.41) is 10.8. The lowest BCUT2D eigenvalue weighted by Gasteiger charge is -2.27. The van der Waals surface area contributed by atoms with Crippen LogP contribution in [0.2, 0.25) is 0 Å². The van der Waals surface area contributed by atoms with Crippen molar-refractivity contribution in [3.05, 3.63) is 117 Å². The van der Waals surface area contributed by atoms with Crippen LogP contribution in [0.1, 0.15) is 43.9 Å². The average molecular weight is 729 g/mol. The topological polar surface area (TPSA) is 166 Å². The Morgan fingerprint density at radius 1 is 0.731 bits per heavy atom. The van der Waals surface area contributed by atoms with E-state index >= 15 is 0 Å². The van der Waals surface area contributed by atoms with E-state index in [9.17, 15) is 41.1 Å². The maximum atomic E-state index is 14.9. The lowest BCUT2D eigenvalue weighted by Crippen LogP contribution is -2.58. The first kappa shape index (κ1) is 39.4. The summed E-state index contributed by atoms with van der Waals surface area (Å²) >= 11 is 0. The van der Waals surface area contributed by atoms with Crippen molar-refractivity contribution in [2.75, 3.05) is 6.61 Å². The molecule has 52 heavy (non-hydrogen) atoms. The number of hydrogen-bond acceptors (Lipinski definition) is 6. The number of Topliss-reactive ketones (excluding diaryl/α,β-unsaturated/α-hetero) is 1. The highest BCUT2D eigenvalue weighted by molar-refractivity contribution is 5.98. The Kier molecular flexibility index (Phi) is 13.1. The number of benzene rings is 3. The number of carbonyl (C=O) groups is 4.